The SMILES string of the molecule is CCNC(=NCCCNC(=O)OC(C)(C)C)N(C)CC(=O)N(CC)CC.I. The number of alkyl carbamates (subject to hydrolysis) is 1. The lowest BCUT2D eigenvalue weighted by Crippen LogP contribution is -2.45. The van der Waals surface area contributed by atoms with Crippen molar-refractivity contribution >= 4 is 41.9 Å². The number of likely N-dealkylation sites (N-methyl/N-ethyl adjacent to an activating group) is 2. The number of ether oxygens (including phenoxy) is 1. The Kier molecular flexibility index (Phi) is 15.3. The van der Waals surface area contributed by atoms with E-state index in [9.17, 15) is 9.59 Å². The normalized spacial score (nSPS) is 11.3. The summed E-state index contributed by atoms with van der Waals surface area (Å²) >= 11 is 0. The van der Waals surface area contributed by atoms with Crippen LogP contribution in [0.1, 0.15) is 48.0 Å². The molecular formula is C18H38IN5O3. The van der Waals surface area contributed by atoms with Gasteiger partial charge in [-0.2, -0.15) is 0 Å². The summed E-state index contributed by atoms with van der Waals surface area (Å²) in [6.45, 7) is 14.8. The third kappa shape index (κ3) is 13.5. The predicted molar refractivity (Wildman–Crippen MR) is 121 cm³/mol. The second kappa shape index (κ2) is 14.8. The van der Waals surface area contributed by atoms with Gasteiger partial charge in [0, 0.05) is 39.8 Å². The summed E-state index contributed by atoms with van der Waals surface area (Å²) in [5, 5.41) is 5.90. The Bertz CT molecular complexity index is 462. The second-order valence-corrected chi connectivity index (χ2v) is 6.94. The highest BCUT2D eigenvalue weighted by atomic mass is 127. The number of nitrogens with zero attached hydrogens (tertiary/aromatic N) is 3. The van der Waals surface area contributed by atoms with E-state index in [-0.39, 0.29) is 36.4 Å². The molecule has 27 heavy (non-hydrogen) atoms. The number of nitrogens with one attached hydrogen (secondary N) is 2. The molecule has 8 nitrogen and oxygen atoms in total. The standard InChI is InChI=1S/C18H37N5O3.HI/c1-8-19-16(22(7)14-15(24)23(9-2)10-3)20-12-11-13-21-17(25)26-18(4,5)6;/h8-14H2,1-7H3,(H,19,20)(H,21,25);1H. The molecule has 0 spiro atoms. The summed E-state index contributed by atoms with van der Waals surface area (Å²) < 4.78 is 5.18. The molecule has 2 N–H and O–H groups in total. The van der Waals surface area contributed by atoms with Gasteiger partial charge in [0.1, 0.15) is 5.60 Å². The molecule has 0 bridgehead atoms. The largest absolute Gasteiger partial charge is 0.444 e. The number of amides is 2. The Morgan fingerprint density at radius 3 is 2.15 bits per heavy atom. The molecule has 0 aromatic heterocycles. The van der Waals surface area contributed by atoms with Gasteiger partial charge in [0.15, 0.2) is 5.96 Å². The van der Waals surface area contributed by atoms with Crippen molar-refractivity contribution in [2.24, 2.45) is 4.99 Å². The van der Waals surface area contributed by atoms with Crippen molar-refractivity contribution in [3.8, 4) is 0 Å². The molecule has 0 fully saturated rings. The molecule has 9 heteroatoms. The molecule has 0 atom stereocenters. The van der Waals surface area contributed by atoms with Gasteiger partial charge in [0.25, 0.3) is 0 Å². The minimum atomic E-state index is -0.499. The predicted octanol–water partition coefficient (Wildman–Crippen LogP) is 2.28. The monoisotopic (exact) mass is 499 g/mol. The Hall–Kier alpha value is -1.26. The van der Waals surface area contributed by atoms with Crippen molar-refractivity contribution in [1.29, 1.82) is 0 Å². The number of aliphatic imine (C=N–C) groups is 1. The molecule has 0 aromatic carbocycles. The highest BCUT2D eigenvalue weighted by molar-refractivity contribution is 14.0. The Balaban J connectivity index is 0. The van der Waals surface area contributed by atoms with Crippen LogP contribution in [0, 0.1) is 0 Å². The van der Waals surface area contributed by atoms with Crippen LogP contribution in [0.5, 0.6) is 0 Å². The fraction of sp³-hybridized carbons (Fsp3) is 0.833. The second-order valence-electron chi connectivity index (χ2n) is 6.94. The Morgan fingerprint density at radius 2 is 1.67 bits per heavy atom. The lowest BCUT2D eigenvalue weighted by molar-refractivity contribution is -0.131. The zero-order valence-corrected chi connectivity index (χ0v) is 20.3. The Morgan fingerprint density at radius 1 is 1.07 bits per heavy atom. The number of halogens is 1. The molecule has 0 rings (SSSR count). The maximum atomic E-state index is 12.2. The number of rotatable bonds is 9. The van der Waals surface area contributed by atoms with Crippen molar-refractivity contribution in [2.45, 2.75) is 53.6 Å². The van der Waals surface area contributed by atoms with Gasteiger partial charge in [-0.05, 0) is 48.0 Å². The van der Waals surface area contributed by atoms with Gasteiger partial charge in [-0.25, -0.2) is 4.79 Å². The number of guanidine groups is 1. The summed E-state index contributed by atoms with van der Waals surface area (Å²) in [5.41, 5.74) is -0.499. The van der Waals surface area contributed by atoms with Crippen LogP contribution in [0.2, 0.25) is 0 Å². The van der Waals surface area contributed by atoms with E-state index < -0.39 is 11.7 Å². The van der Waals surface area contributed by atoms with Crippen molar-refractivity contribution in [3.63, 3.8) is 0 Å². The van der Waals surface area contributed by atoms with E-state index in [0.29, 0.717) is 38.6 Å². The van der Waals surface area contributed by atoms with Gasteiger partial charge >= 0.3 is 6.09 Å². The van der Waals surface area contributed by atoms with Crippen LogP contribution in [0.4, 0.5) is 4.79 Å². The average molecular weight is 499 g/mol. The molecule has 0 unspecified atom stereocenters. The van der Waals surface area contributed by atoms with Crippen LogP contribution in [-0.4, -0.2) is 79.7 Å². The van der Waals surface area contributed by atoms with Gasteiger partial charge < -0.3 is 25.2 Å². The first-order chi connectivity index (χ1) is 12.1. The van der Waals surface area contributed by atoms with Crippen LogP contribution in [0.3, 0.4) is 0 Å². The first-order valence-electron chi connectivity index (χ1n) is 9.38. The fourth-order valence-electron chi connectivity index (χ4n) is 2.19. The molecule has 0 aliphatic heterocycles. The number of carbonyl (C=O) groups excluding carboxylic acids is 2. The van der Waals surface area contributed by atoms with Crippen LogP contribution in [0.25, 0.3) is 0 Å². The summed E-state index contributed by atoms with van der Waals surface area (Å²) in [6, 6.07) is 0. The van der Waals surface area contributed by atoms with Crippen LogP contribution < -0.4 is 10.6 Å². The van der Waals surface area contributed by atoms with Gasteiger partial charge in [-0.1, -0.05) is 0 Å². The fourth-order valence-corrected chi connectivity index (χ4v) is 2.19. The van der Waals surface area contributed by atoms with Crippen molar-refractivity contribution in [3.05, 3.63) is 0 Å². The molecule has 0 aliphatic carbocycles. The van der Waals surface area contributed by atoms with Crippen LogP contribution in [0.15, 0.2) is 4.99 Å². The van der Waals surface area contributed by atoms with Gasteiger partial charge in [-0.15, -0.1) is 24.0 Å². The maximum absolute atomic E-state index is 12.2. The quantitative estimate of drug-likeness (QED) is 0.220. The number of carbonyl (C=O) groups is 2. The molecule has 0 saturated carbocycles. The molecule has 0 radical (unpaired) electrons. The number of hydrogen-bond acceptors (Lipinski definition) is 4. The molecule has 0 aromatic rings. The van der Waals surface area contributed by atoms with E-state index in [2.05, 4.69) is 15.6 Å². The topological polar surface area (TPSA) is 86.3 Å². The van der Waals surface area contributed by atoms with Crippen LogP contribution >= 0.6 is 24.0 Å². The Labute approximate surface area is 181 Å². The smallest absolute Gasteiger partial charge is 0.407 e. The van der Waals surface area contributed by atoms with E-state index in [1.807, 2.05) is 53.5 Å². The van der Waals surface area contributed by atoms with Gasteiger partial charge in [0.05, 0.1) is 6.54 Å². The van der Waals surface area contributed by atoms with E-state index in [1.165, 1.54) is 0 Å². The first kappa shape index (κ1) is 28.0. The summed E-state index contributed by atoms with van der Waals surface area (Å²) in [4.78, 5) is 31.9. The minimum Gasteiger partial charge on any atom is -0.444 e. The van der Waals surface area contributed by atoms with Crippen molar-refractivity contribution in [2.75, 3.05) is 46.3 Å². The average Bonchev–Trinajstić information content (AvgIpc) is 2.52. The lowest BCUT2D eigenvalue weighted by atomic mass is 10.2. The van der Waals surface area contributed by atoms with Crippen molar-refractivity contribution in [1.82, 2.24) is 20.4 Å². The summed E-state index contributed by atoms with van der Waals surface area (Å²) in [5.74, 6) is 0.764. The van der Waals surface area contributed by atoms with Crippen molar-refractivity contribution < 1.29 is 14.3 Å². The molecule has 160 valence electrons. The van der Waals surface area contributed by atoms with E-state index in [1.54, 1.807) is 4.90 Å². The van der Waals surface area contributed by atoms with E-state index in [0.717, 1.165) is 6.54 Å². The molecule has 0 aliphatic rings. The molecule has 2 amide bonds. The van der Waals surface area contributed by atoms with Crippen LogP contribution in [-0.2, 0) is 9.53 Å². The third-order valence-electron chi connectivity index (χ3n) is 3.45. The van der Waals surface area contributed by atoms with Gasteiger partial charge in [0.2, 0.25) is 5.91 Å². The zero-order chi connectivity index (χ0) is 20.2. The summed E-state index contributed by atoms with van der Waals surface area (Å²) in [6.07, 6.45) is 0.265. The molecular weight excluding hydrogens is 461 g/mol. The number of hydrogen-bond donors (Lipinski definition) is 2. The minimum absolute atomic E-state index is 0. The summed E-state index contributed by atoms with van der Waals surface area (Å²) in [7, 11) is 1.85. The maximum Gasteiger partial charge on any atom is 0.407 e. The third-order valence-corrected chi connectivity index (χ3v) is 3.45. The lowest BCUT2D eigenvalue weighted by Gasteiger charge is -2.25. The van der Waals surface area contributed by atoms with E-state index in [4.69, 9.17) is 4.74 Å². The molecule has 0 saturated heterocycles. The highest BCUT2D eigenvalue weighted by Crippen LogP contribution is 2.06. The first-order valence-corrected chi connectivity index (χ1v) is 9.38. The van der Waals surface area contributed by atoms with Gasteiger partial charge in [-0.3, -0.25) is 9.79 Å². The van der Waals surface area contributed by atoms with E-state index >= 15 is 0 Å². The molecule has 0 heterocycles. The highest BCUT2D eigenvalue weighted by Gasteiger charge is 2.16. The zero-order valence-electron chi connectivity index (χ0n) is 17.9.